The first-order valence-electron chi connectivity index (χ1n) is 6.59. The van der Waals surface area contributed by atoms with Crippen LogP contribution in [0.15, 0.2) is 30.3 Å². The lowest BCUT2D eigenvalue weighted by molar-refractivity contribution is -0.132. The van der Waals surface area contributed by atoms with E-state index < -0.39 is 0 Å². The minimum atomic E-state index is 0.0137. The first-order chi connectivity index (χ1) is 9.12. The molecule has 0 saturated carbocycles. The van der Waals surface area contributed by atoms with Gasteiger partial charge in [0.15, 0.2) is 6.61 Å². The molecule has 1 amide bonds. The van der Waals surface area contributed by atoms with Gasteiger partial charge in [-0.25, -0.2) is 0 Å². The third-order valence-corrected chi connectivity index (χ3v) is 3.07. The fraction of sp³-hybridized carbons (Fsp3) is 0.375. The predicted octanol–water partition coefficient (Wildman–Crippen LogP) is 3.17. The van der Waals surface area contributed by atoms with Crippen LogP contribution in [0.1, 0.15) is 26.3 Å². The van der Waals surface area contributed by atoms with E-state index >= 15 is 0 Å². The molecule has 0 saturated heterocycles. The topological polar surface area (TPSA) is 29.5 Å². The van der Waals surface area contributed by atoms with Crippen LogP contribution in [-0.2, 0) is 4.79 Å². The van der Waals surface area contributed by atoms with Gasteiger partial charge in [0.25, 0.3) is 5.91 Å². The number of hydrogen-bond acceptors (Lipinski definition) is 2. The highest BCUT2D eigenvalue weighted by Gasteiger charge is 2.10. The fourth-order valence-corrected chi connectivity index (χ4v) is 1.76. The summed E-state index contributed by atoms with van der Waals surface area (Å²) in [5.41, 5.74) is 2.14. The Morgan fingerprint density at radius 2 is 2.05 bits per heavy atom. The monoisotopic (exact) mass is 260 g/mol. The van der Waals surface area contributed by atoms with Crippen molar-refractivity contribution in [2.24, 2.45) is 0 Å². The van der Waals surface area contributed by atoms with E-state index in [0.29, 0.717) is 18.8 Å². The maximum Gasteiger partial charge on any atom is 0.260 e. The van der Waals surface area contributed by atoms with Gasteiger partial charge in [-0.3, -0.25) is 4.79 Å². The first kappa shape index (κ1) is 15.3. The lowest BCUT2D eigenvalue weighted by Crippen LogP contribution is -2.34. The van der Waals surface area contributed by atoms with Crippen LogP contribution in [-0.4, -0.2) is 30.5 Å². The molecule has 3 heteroatoms. The van der Waals surface area contributed by atoms with Crippen LogP contribution in [0, 0.1) is 6.92 Å². The Hall–Kier alpha value is -1.77. The Kier molecular flexibility index (Phi) is 6.13. The molecule has 1 rings (SSSR count). The summed E-state index contributed by atoms with van der Waals surface area (Å²) in [6.07, 6.45) is 1.81. The van der Waals surface area contributed by atoms with Gasteiger partial charge >= 0.3 is 0 Å². The number of benzene rings is 1. The molecule has 0 heterocycles. The zero-order valence-corrected chi connectivity index (χ0v) is 12.0. The Labute approximate surface area is 115 Å². The number of nitrogens with zero attached hydrogens (tertiary/aromatic N) is 1. The smallest absolute Gasteiger partial charge is 0.260 e. The standard InChI is InChI=1S/C16H22NO2/c1-5-13(4)14-9-8-10-15(11-14)19-12-16(18)17(6-2)7-3/h5,8-11H,1,6-7,12H2,2-4H3/b13-5-. The molecule has 1 aromatic rings. The summed E-state index contributed by atoms with van der Waals surface area (Å²) < 4.78 is 5.55. The van der Waals surface area contributed by atoms with Gasteiger partial charge in [0.2, 0.25) is 0 Å². The molecular formula is C16H22NO2. The van der Waals surface area contributed by atoms with Crippen molar-refractivity contribution in [1.82, 2.24) is 4.90 Å². The van der Waals surface area contributed by atoms with E-state index in [9.17, 15) is 4.79 Å². The molecule has 1 aromatic carbocycles. The van der Waals surface area contributed by atoms with Crippen molar-refractivity contribution in [3.05, 3.63) is 42.8 Å². The number of carbonyl (C=O) groups is 1. The maximum atomic E-state index is 11.8. The van der Waals surface area contributed by atoms with Crippen LogP contribution in [0.3, 0.4) is 0 Å². The quantitative estimate of drug-likeness (QED) is 0.786. The highest BCUT2D eigenvalue weighted by Crippen LogP contribution is 2.19. The highest BCUT2D eigenvalue weighted by molar-refractivity contribution is 5.77. The average Bonchev–Trinajstić information content (AvgIpc) is 2.45. The summed E-state index contributed by atoms with van der Waals surface area (Å²) in [5, 5.41) is 0. The largest absolute Gasteiger partial charge is 0.484 e. The molecular weight excluding hydrogens is 238 g/mol. The SMILES string of the molecule is [CH2]/C=C(/C)c1cccc(OCC(=O)N(CC)CC)c1. The molecule has 0 N–H and O–H groups in total. The van der Waals surface area contributed by atoms with E-state index in [4.69, 9.17) is 4.74 Å². The molecule has 0 bridgehead atoms. The second kappa shape index (κ2) is 7.62. The molecule has 3 nitrogen and oxygen atoms in total. The molecule has 0 atom stereocenters. The summed E-state index contributed by atoms with van der Waals surface area (Å²) in [5.74, 6) is 0.721. The van der Waals surface area contributed by atoms with Gasteiger partial charge in [0.05, 0.1) is 0 Å². The van der Waals surface area contributed by atoms with Crippen LogP contribution in [0.5, 0.6) is 5.75 Å². The Morgan fingerprint density at radius 3 is 2.63 bits per heavy atom. The first-order valence-corrected chi connectivity index (χ1v) is 6.59. The average molecular weight is 260 g/mol. The van der Waals surface area contributed by atoms with Crippen molar-refractivity contribution in [3.8, 4) is 5.75 Å². The van der Waals surface area contributed by atoms with Crippen molar-refractivity contribution in [2.75, 3.05) is 19.7 Å². The van der Waals surface area contributed by atoms with Crippen molar-refractivity contribution < 1.29 is 9.53 Å². The van der Waals surface area contributed by atoms with Gasteiger partial charge in [0.1, 0.15) is 5.75 Å². The van der Waals surface area contributed by atoms with Crippen molar-refractivity contribution in [1.29, 1.82) is 0 Å². The van der Waals surface area contributed by atoms with Crippen molar-refractivity contribution >= 4 is 11.5 Å². The lowest BCUT2D eigenvalue weighted by Gasteiger charge is -2.18. The summed E-state index contributed by atoms with van der Waals surface area (Å²) in [6.45, 7) is 11.2. The van der Waals surface area contributed by atoms with E-state index in [1.165, 1.54) is 0 Å². The van der Waals surface area contributed by atoms with E-state index in [0.717, 1.165) is 11.1 Å². The second-order valence-electron chi connectivity index (χ2n) is 4.27. The van der Waals surface area contributed by atoms with Gasteiger partial charge < -0.3 is 9.64 Å². The van der Waals surface area contributed by atoms with Crippen LogP contribution in [0.25, 0.3) is 5.57 Å². The minimum Gasteiger partial charge on any atom is -0.484 e. The minimum absolute atomic E-state index is 0.0137. The summed E-state index contributed by atoms with van der Waals surface area (Å²) in [7, 11) is 0. The van der Waals surface area contributed by atoms with Gasteiger partial charge in [0, 0.05) is 13.1 Å². The molecule has 0 aliphatic rings. The van der Waals surface area contributed by atoms with Crippen LogP contribution >= 0.6 is 0 Å². The molecule has 0 aliphatic heterocycles. The van der Waals surface area contributed by atoms with Crippen molar-refractivity contribution in [3.63, 3.8) is 0 Å². The number of likely N-dealkylation sites (N-methyl/N-ethyl adjacent to an activating group) is 1. The molecule has 1 radical (unpaired) electrons. The van der Waals surface area contributed by atoms with Crippen LogP contribution in [0.2, 0.25) is 0 Å². The zero-order chi connectivity index (χ0) is 14.3. The second-order valence-corrected chi connectivity index (χ2v) is 4.27. The molecule has 0 spiro atoms. The zero-order valence-electron chi connectivity index (χ0n) is 12.0. The highest BCUT2D eigenvalue weighted by atomic mass is 16.5. The molecule has 103 valence electrons. The van der Waals surface area contributed by atoms with Crippen LogP contribution < -0.4 is 4.74 Å². The Balaban J connectivity index is 2.66. The van der Waals surface area contributed by atoms with E-state index in [-0.39, 0.29) is 12.5 Å². The summed E-state index contributed by atoms with van der Waals surface area (Å²) >= 11 is 0. The molecule has 19 heavy (non-hydrogen) atoms. The van der Waals surface area contributed by atoms with Gasteiger partial charge in [-0.15, -0.1) is 0 Å². The Bertz CT molecular complexity index is 448. The van der Waals surface area contributed by atoms with E-state index in [2.05, 4.69) is 6.92 Å². The fourth-order valence-electron chi connectivity index (χ4n) is 1.76. The maximum absolute atomic E-state index is 11.8. The molecule has 0 aromatic heterocycles. The number of hydrogen-bond donors (Lipinski definition) is 0. The normalized spacial score (nSPS) is 11.3. The number of rotatable bonds is 6. The number of allylic oxidation sites excluding steroid dienone is 2. The predicted molar refractivity (Wildman–Crippen MR) is 78.9 cm³/mol. The van der Waals surface area contributed by atoms with Crippen LogP contribution in [0.4, 0.5) is 0 Å². The molecule has 0 unspecified atom stereocenters. The van der Waals surface area contributed by atoms with Gasteiger partial charge in [-0.05, 0) is 51.0 Å². The lowest BCUT2D eigenvalue weighted by atomic mass is 10.1. The number of ether oxygens (including phenoxy) is 1. The number of carbonyl (C=O) groups excluding carboxylic acids is 1. The van der Waals surface area contributed by atoms with Crippen molar-refractivity contribution in [2.45, 2.75) is 20.8 Å². The third kappa shape index (κ3) is 4.43. The third-order valence-electron chi connectivity index (χ3n) is 3.07. The summed E-state index contributed by atoms with van der Waals surface area (Å²) in [4.78, 5) is 13.6. The van der Waals surface area contributed by atoms with Gasteiger partial charge in [-0.1, -0.05) is 18.2 Å². The Morgan fingerprint density at radius 1 is 1.37 bits per heavy atom. The van der Waals surface area contributed by atoms with Gasteiger partial charge in [-0.2, -0.15) is 0 Å². The molecule has 0 fully saturated rings. The number of amides is 1. The summed E-state index contributed by atoms with van der Waals surface area (Å²) in [6, 6.07) is 7.69. The molecule has 0 aliphatic carbocycles. The van der Waals surface area contributed by atoms with E-state index in [1.54, 1.807) is 11.0 Å². The van der Waals surface area contributed by atoms with E-state index in [1.807, 2.05) is 45.0 Å².